The SMILES string of the molecule is CON=Cc1cc(OC)c2c(OC)ccc(OC)c2c1OC. The highest BCUT2D eigenvalue weighted by molar-refractivity contribution is 6.06. The molecule has 0 aliphatic heterocycles. The molecule has 6 heteroatoms. The van der Waals surface area contributed by atoms with E-state index < -0.39 is 0 Å². The van der Waals surface area contributed by atoms with Crippen LogP contribution in [0.1, 0.15) is 5.56 Å². The van der Waals surface area contributed by atoms with Gasteiger partial charge in [-0.25, -0.2) is 0 Å². The third-order valence-electron chi connectivity index (χ3n) is 3.31. The van der Waals surface area contributed by atoms with Crippen molar-refractivity contribution in [1.29, 1.82) is 0 Å². The third kappa shape index (κ3) is 2.59. The molecule has 0 spiro atoms. The molecule has 0 amide bonds. The molecule has 0 fully saturated rings. The number of hydrogen-bond acceptors (Lipinski definition) is 6. The summed E-state index contributed by atoms with van der Waals surface area (Å²) in [6.07, 6.45) is 1.56. The minimum Gasteiger partial charge on any atom is -0.496 e. The molecule has 0 bridgehead atoms. The number of fused-ring (bicyclic) bond motifs is 1. The Kier molecular flexibility index (Phi) is 4.93. The van der Waals surface area contributed by atoms with E-state index in [0.29, 0.717) is 28.6 Å². The van der Waals surface area contributed by atoms with Gasteiger partial charge in [0.05, 0.1) is 45.4 Å². The van der Waals surface area contributed by atoms with Gasteiger partial charge in [-0.05, 0) is 18.2 Å². The average Bonchev–Trinajstić information content (AvgIpc) is 2.57. The Morgan fingerprint density at radius 1 is 0.773 bits per heavy atom. The second-order valence-corrected chi connectivity index (χ2v) is 4.34. The van der Waals surface area contributed by atoms with E-state index in [1.54, 1.807) is 34.7 Å². The smallest absolute Gasteiger partial charge is 0.139 e. The lowest BCUT2D eigenvalue weighted by atomic mass is 10.0. The molecule has 0 aromatic heterocycles. The molecule has 0 aliphatic rings. The van der Waals surface area contributed by atoms with Crippen LogP contribution in [0.2, 0.25) is 0 Å². The molecule has 0 atom stereocenters. The van der Waals surface area contributed by atoms with Crippen molar-refractivity contribution in [3.63, 3.8) is 0 Å². The molecule has 22 heavy (non-hydrogen) atoms. The van der Waals surface area contributed by atoms with E-state index >= 15 is 0 Å². The molecule has 0 unspecified atom stereocenters. The summed E-state index contributed by atoms with van der Waals surface area (Å²) in [4.78, 5) is 4.75. The van der Waals surface area contributed by atoms with Gasteiger partial charge < -0.3 is 23.8 Å². The largest absolute Gasteiger partial charge is 0.496 e. The normalized spacial score (nSPS) is 10.8. The van der Waals surface area contributed by atoms with Crippen LogP contribution in [-0.4, -0.2) is 41.8 Å². The van der Waals surface area contributed by atoms with Gasteiger partial charge in [-0.15, -0.1) is 0 Å². The molecule has 0 radical (unpaired) electrons. The summed E-state index contributed by atoms with van der Waals surface area (Å²) in [5.74, 6) is 2.55. The summed E-state index contributed by atoms with van der Waals surface area (Å²) in [5, 5.41) is 5.32. The summed E-state index contributed by atoms with van der Waals surface area (Å²) >= 11 is 0. The number of hydrogen-bond donors (Lipinski definition) is 0. The van der Waals surface area contributed by atoms with E-state index in [1.165, 1.54) is 7.11 Å². The van der Waals surface area contributed by atoms with Crippen molar-refractivity contribution >= 4 is 17.0 Å². The number of methoxy groups -OCH3 is 4. The predicted octanol–water partition coefficient (Wildman–Crippen LogP) is 2.85. The van der Waals surface area contributed by atoms with Gasteiger partial charge in [-0.1, -0.05) is 5.16 Å². The van der Waals surface area contributed by atoms with Gasteiger partial charge in [0.1, 0.15) is 30.1 Å². The van der Waals surface area contributed by atoms with E-state index in [-0.39, 0.29) is 0 Å². The van der Waals surface area contributed by atoms with Gasteiger partial charge in [0.25, 0.3) is 0 Å². The lowest BCUT2D eigenvalue weighted by Gasteiger charge is -2.17. The van der Waals surface area contributed by atoms with Gasteiger partial charge >= 0.3 is 0 Å². The van der Waals surface area contributed by atoms with E-state index in [4.69, 9.17) is 23.8 Å². The molecule has 0 heterocycles. The molecule has 0 aliphatic carbocycles. The molecule has 0 saturated carbocycles. The highest BCUT2D eigenvalue weighted by Gasteiger charge is 2.20. The summed E-state index contributed by atoms with van der Waals surface area (Å²) < 4.78 is 22.0. The number of benzene rings is 2. The van der Waals surface area contributed by atoms with Crippen LogP contribution >= 0.6 is 0 Å². The Labute approximate surface area is 129 Å². The van der Waals surface area contributed by atoms with Crippen molar-refractivity contribution in [2.75, 3.05) is 35.5 Å². The quantitative estimate of drug-likeness (QED) is 0.606. The maximum atomic E-state index is 5.56. The maximum Gasteiger partial charge on any atom is 0.139 e. The average molecular weight is 305 g/mol. The molecule has 0 N–H and O–H groups in total. The van der Waals surface area contributed by atoms with E-state index in [0.717, 1.165) is 10.8 Å². The van der Waals surface area contributed by atoms with Crippen LogP contribution in [0.3, 0.4) is 0 Å². The first-order chi connectivity index (χ1) is 10.7. The van der Waals surface area contributed by atoms with Crippen molar-refractivity contribution in [2.24, 2.45) is 5.16 Å². The Morgan fingerprint density at radius 2 is 1.36 bits per heavy atom. The van der Waals surface area contributed by atoms with Crippen LogP contribution in [0.4, 0.5) is 0 Å². The van der Waals surface area contributed by atoms with Crippen LogP contribution in [0, 0.1) is 0 Å². The number of nitrogens with zero attached hydrogens (tertiary/aromatic N) is 1. The number of ether oxygens (including phenoxy) is 4. The molecular weight excluding hydrogens is 286 g/mol. The van der Waals surface area contributed by atoms with Crippen LogP contribution in [0.15, 0.2) is 23.4 Å². The minimum atomic E-state index is 0.604. The van der Waals surface area contributed by atoms with Gasteiger partial charge in [0.15, 0.2) is 0 Å². The first-order valence-electron chi connectivity index (χ1n) is 6.58. The zero-order valence-corrected chi connectivity index (χ0v) is 13.3. The van der Waals surface area contributed by atoms with Gasteiger partial charge in [0, 0.05) is 5.56 Å². The van der Waals surface area contributed by atoms with Crippen LogP contribution in [0.5, 0.6) is 23.0 Å². The molecule has 118 valence electrons. The predicted molar refractivity (Wildman–Crippen MR) is 84.8 cm³/mol. The van der Waals surface area contributed by atoms with Crippen molar-refractivity contribution in [1.82, 2.24) is 0 Å². The first kappa shape index (κ1) is 15.8. The van der Waals surface area contributed by atoms with E-state index in [1.807, 2.05) is 18.2 Å². The summed E-state index contributed by atoms with van der Waals surface area (Å²) in [6.45, 7) is 0. The second-order valence-electron chi connectivity index (χ2n) is 4.34. The fourth-order valence-electron chi connectivity index (χ4n) is 2.38. The fraction of sp³-hybridized carbons (Fsp3) is 0.312. The lowest BCUT2D eigenvalue weighted by molar-refractivity contribution is 0.215. The fourth-order valence-corrected chi connectivity index (χ4v) is 2.38. The zero-order valence-electron chi connectivity index (χ0n) is 13.3. The standard InChI is InChI=1S/C16H19NO5/c1-18-11-6-7-12(19-2)15-14(11)13(20-3)8-10(9-17-22-5)16(15)21-4/h6-9H,1-5H3. The van der Waals surface area contributed by atoms with Crippen LogP contribution in [0.25, 0.3) is 10.8 Å². The summed E-state index contributed by atoms with van der Waals surface area (Å²) in [5.41, 5.74) is 0.709. The van der Waals surface area contributed by atoms with Crippen molar-refractivity contribution in [3.8, 4) is 23.0 Å². The summed E-state index contributed by atoms with van der Waals surface area (Å²) in [7, 11) is 7.86. The first-order valence-corrected chi connectivity index (χ1v) is 6.58. The van der Waals surface area contributed by atoms with Crippen molar-refractivity contribution in [3.05, 3.63) is 23.8 Å². The van der Waals surface area contributed by atoms with Gasteiger partial charge in [-0.2, -0.15) is 0 Å². The Bertz CT molecular complexity index is 697. The maximum absolute atomic E-state index is 5.56. The highest BCUT2D eigenvalue weighted by Crippen LogP contribution is 2.45. The zero-order chi connectivity index (χ0) is 16.1. The topological polar surface area (TPSA) is 58.5 Å². The van der Waals surface area contributed by atoms with E-state index in [9.17, 15) is 0 Å². The monoisotopic (exact) mass is 305 g/mol. The summed E-state index contributed by atoms with van der Waals surface area (Å²) in [6, 6.07) is 5.46. The third-order valence-corrected chi connectivity index (χ3v) is 3.31. The molecule has 2 aromatic carbocycles. The molecule has 6 nitrogen and oxygen atoms in total. The van der Waals surface area contributed by atoms with E-state index in [2.05, 4.69) is 5.16 Å². The molecule has 2 rings (SSSR count). The Hall–Kier alpha value is -2.63. The van der Waals surface area contributed by atoms with Crippen molar-refractivity contribution < 1.29 is 23.8 Å². The minimum absolute atomic E-state index is 0.604. The number of rotatable bonds is 6. The Morgan fingerprint density at radius 3 is 1.86 bits per heavy atom. The second kappa shape index (κ2) is 6.89. The van der Waals surface area contributed by atoms with Gasteiger partial charge in [-0.3, -0.25) is 0 Å². The molecule has 2 aromatic rings. The van der Waals surface area contributed by atoms with Gasteiger partial charge in [0.2, 0.25) is 0 Å². The molecular formula is C16H19NO5. The highest BCUT2D eigenvalue weighted by atomic mass is 16.6. The number of oxime groups is 1. The van der Waals surface area contributed by atoms with Crippen molar-refractivity contribution in [2.45, 2.75) is 0 Å². The lowest BCUT2D eigenvalue weighted by Crippen LogP contribution is -1.99. The van der Waals surface area contributed by atoms with Crippen LogP contribution in [-0.2, 0) is 4.84 Å². The Balaban J connectivity index is 2.94. The molecule has 0 saturated heterocycles. The van der Waals surface area contributed by atoms with Crippen LogP contribution < -0.4 is 18.9 Å².